The van der Waals surface area contributed by atoms with Crippen LogP contribution in [0.2, 0.25) is 0 Å². The van der Waals surface area contributed by atoms with E-state index in [0.29, 0.717) is 23.7 Å². The van der Waals surface area contributed by atoms with Gasteiger partial charge in [0.1, 0.15) is 47.4 Å². The molecule has 0 bridgehead atoms. The summed E-state index contributed by atoms with van der Waals surface area (Å²) in [5.41, 5.74) is 8.59. The van der Waals surface area contributed by atoms with Crippen LogP contribution < -0.4 is 41.2 Å². The zero-order valence-electron chi connectivity index (χ0n) is 55.0. The van der Waals surface area contributed by atoms with E-state index in [4.69, 9.17) is 18.9 Å². The number of aromatic nitrogens is 4. The zero-order valence-corrected chi connectivity index (χ0v) is 55.0. The Kier molecular flexibility index (Phi) is 26.9. The Morgan fingerprint density at radius 3 is 0.663 bits per heavy atom. The van der Waals surface area contributed by atoms with Crippen LogP contribution in [-0.4, -0.2) is 44.4 Å². The second-order valence-electron chi connectivity index (χ2n) is 26.4. The summed E-state index contributed by atoms with van der Waals surface area (Å²) in [6, 6.07) is 55.6. The van der Waals surface area contributed by atoms with E-state index in [1.807, 2.05) is 97.1 Å². The van der Waals surface area contributed by atoms with Gasteiger partial charge in [0.25, 0.3) is 22.2 Å². The number of aryl methyl sites for hydroxylation is 8. The predicted molar refractivity (Wildman–Crippen MR) is 372 cm³/mol. The van der Waals surface area contributed by atoms with Gasteiger partial charge in [-0.2, -0.15) is 0 Å². The van der Waals surface area contributed by atoms with E-state index in [2.05, 4.69) is 96.2 Å². The molecule has 0 spiro atoms. The molecule has 12 heteroatoms. The van der Waals surface area contributed by atoms with Crippen LogP contribution in [0, 0.1) is 23.7 Å². The van der Waals surface area contributed by atoms with E-state index < -0.39 is 0 Å². The second kappa shape index (κ2) is 36.2. The van der Waals surface area contributed by atoms with Crippen molar-refractivity contribution in [3.63, 3.8) is 0 Å². The number of nitrogens with one attached hydrogen (secondary N) is 4. The highest BCUT2D eigenvalue weighted by Crippen LogP contribution is 2.32. The normalized spacial score (nSPS) is 21.1. The topological polar surface area (TPSA) is 168 Å². The Morgan fingerprint density at radius 2 is 0.467 bits per heavy atom. The molecule has 0 radical (unpaired) electrons. The molecule has 0 saturated heterocycles. The van der Waals surface area contributed by atoms with Gasteiger partial charge in [0.15, 0.2) is 0 Å². The highest BCUT2D eigenvalue weighted by molar-refractivity contribution is 5.29. The Bertz CT molecular complexity index is 3190. The molecule has 0 amide bonds. The van der Waals surface area contributed by atoms with Crippen LogP contribution >= 0.6 is 0 Å². The highest BCUT2D eigenvalue weighted by atomic mass is 16.5. The summed E-state index contributed by atoms with van der Waals surface area (Å²) in [6.07, 6.45) is 27.2. The highest BCUT2D eigenvalue weighted by Gasteiger charge is 2.27. The molecule has 0 aliphatic heterocycles. The minimum absolute atomic E-state index is 0.0750. The molecule has 8 atom stereocenters. The molecule has 0 unspecified atom stereocenters. The quantitative estimate of drug-likeness (QED) is 0.0585. The van der Waals surface area contributed by atoms with Crippen molar-refractivity contribution in [2.45, 2.75) is 206 Å². The van der Waals surface area contributed by atoms with Crippen molar-refractivity contribution in [2.75, 3.05) is 0 Å². The van der Waals surface area contributed by atoms with Crippen LogP contribution in [0.3, 0.4) is 0 Å². The first-order valence-electron chi connectivity index (χ1n) is 34.6. The monoisotopic (exact) mass is 1240 g/mol. The number of aromatic amines is 4. The molecule has 4 aliphatic rings. The lowest BCUT2D eigenvalue weighted by Crippen LogP contribution is -2.28. The van der Waals surface area contributed by atoms with E-state index in [0.717, 1.165) is 123 Å². The van der Waals surface area contributed by atoms with E-state index in [9.17, 15) is 19.2 Å². The van der Waals surface area contributed by atoms with Crippen molar-refractivity contribution in [3.8, 4) is 23.0 Å². The van der Waals surface area contributed by atoms with E-state index >= 15 is 0 Å². The maximum atomic E-state index is 11.9. The van der Waals surface area contributed by atoms with Gasteiger partial charge < -0.3 is 38.9 Å². The van der Waals surface area contributed by atoms with Gasteiger partial charge in [0, 0.05) is 47.0 Å². The lowest BCUT2D eigenvalue weighted by molar-refractivity contribution is 0.102. The fraction of sp³-hybridized carbons (Fsp3) is 0.450. The van der Waals surface area contributed by atoms with Gasteiger partial charge in [-0.3, -0.25) is 19.2 Å². The lowest BCUT2D eigenvalue weighted by Gasteiger charge is -2.29. The second-order valence-corrected chi connectivity index (χ2v) is 26.4. The number of hydrogen-bond acceptors (Lipinski definition) is 8. The Balaban J connectivity index is 0.000000145. The van der Waals surface area contributed by atoms with Crippen LogP contribution in [0.5, 0.6) is 23.0 Å². The first kappa shape index (κ1) is 68.3. The molecule has 92 heavy (non-hydrogen) atoms. The van der Waals surface area contributed by atoms with E-state index in [1.165, 1.54) is 99.3 Å². The third-order valence-electron chi connectivity index (χ3n) is 18.9. The number of pyridine rings is 4. The molecular formula is C80H100N4O8. The molecule has 4 fully saturated rings. The smallest absolute Gasteiger partial charge is 0.251 e. The molecule has 4 N–H and O–H groups in total. The van der Waals surface area contributed by atoms with Crippen molar-refractivity contribution in [1.29, 1.82) is 0 Å². The summed E-state index contributed by atoms with van der Waals surface area (Å²) in [5.74, 6) is 5.13. The molecule has 488 valence electrons. The Labute approximate surface area is 545 Å². The van der Waals surface area contributed by atoms with Gasteiger partial charge in [-0.25, -0.2) is 0 Å². The fourth-order valence-corrected chi connectivity index (χ4v) is 13.3. The number of H-pyrrole nitrogens is 4. The summed E-state index contributed by atoms with van der Waals surface area (Å²) < 4.78 is 24.5. The molecule has 4 heterocycles. The lowest BCUT2D eigenvalue weighted by atomic mass is 9.88. The summed E-state index contributed by atoms with van der Waals surface area (Å²) in [4.78, 5) is 59.4. The predicted octanol–water partition coefficient (Wildman–Crippen LogP) is 16.5. The van der Waals surface area contributed by atoms with Crippen LogP contribution in [0.1, 0.15) is 175 Å². The average molecular weight is 1250 g/mol. The van der Waals surface area contributed by atoms with Crippen LogP contribution in [0.25, 0.3) is 0 Å². The first-order chi connectivity index (χ1) is 44.8. The van der Waals surface area contributed by atoms with Crippen molar-refractivity contribution in [1.82, 2.24) is 19.9 Å². The van der Waals surface area contributed by atoms with Crippen LogP contribution in [0.4, 0.5) is 0 Å². The number of benzene rings is 4. The molecule has 8 aromatic rings. The summed E-state index contributed by atoms with van der Waals surface area (Å²) in [5, 5.41) is 0. The standard InChI is InChI=1S/4C20H25NO2/c4*1-15-7-5-6-10-19(15)23-18-13-17(21-20(22)14-18)12-11-16-8-3-2-4-9-16/h4*2-4,8-9,13-15,19H,5-7,10-12H2,1H3,(H,21,22)/t4*15-,19-/m0000/s1. The van der Waals surface area contributed by atoms with E-state index in [1.54, 1.807) is 24.3 Å². The first-order valence-corrected chi connectivity index (χ1v) is 34.6. The summed E-state index contributed by atoms with van der Waals surface area (Å²) >= 11 is 0. The minimum atomic E-state index is -0.0750. The number of ether oxygens (including phenoxy) is 4. The van der Waals surface area contributed by atoms with Crippen molar-refractivity contribution >= 4 is 0 Å². The van der Waals surface area contributed by atoms with Gasteiger partial charge in [-0.1, -0.05) is 175 Å². The average Bonchev–Trinajstić information content (AvgIpc) is 2.06. The summed E-state index contributed by atoms with van der Waals surface area (Å²) in [7, 11) is 0. The third kappa shape index (κ3) is 23.2. The maximum absolute atomic E-state index is 11.9. The Morgan fingerprint density at radius 1 is 0.272 bits per heavy atom. The minimum Gasteiger partial charge on any atom is -0.490 e. The van der Waals surface area contributed by atoms with Gasteiger partial charge in [0.05, 0.1) is 0 Å². The van der Waals surface area contributed by atoms with Gasteiger partial charge in [0.2, 0.25) is 0 Å². The molecule has 4 aromatic carbocycles. The van der Waals surface area contributed by atoms with Crippen molar-refractivity contribution in [3.05, 3.63) is 256 Å². The van der Waals surface area contributed by atoms with Crippen LogP contribution in [0.15, 0.2) is 189 Å². The van der Waals surface area contributed by atoms with Gasteiger partial charge in [-0.15, -0.1) is 0 Å². The van der Waals surface area contributed by atoms with Gasteiger partial charge in [-0.05, 0) is 199 Å². The molecule has 4 aliphatic carbocycles. The Hall–Kier alpha value is -8.12. The molecule has 4 aromatic heterocycles. The number of rotatable bonds is 20. The molecule has 12 nitrogen and oxygen atoms in total. The van der Waals surface area contributed by atoms with Gasteiger partial charge >= 0.3 is 0 Å². The molecule has 12 rings (SSSR count). The molecule has 4 saturated carbocycles. The zero-order chi connectivity index (χ0) is 64.3. The van der Waals surface area contributed by atoms with Crippen molar-refractivity contribution in [2.24, 2.45) is 23.7 Å². The SMILES string of the molecule is C[C@H]1CCCC[C@@H]1Oc1cc(CCc2ccccc2)[nH]c(=O)c1.C[C@H]1CCCC[C@@H]1Oc1cc(CCc2ccccc2)[nH]c(=O)c1.C[C@H]1CCCC[C@@H]1Oc1cc(CCc2ccccc2)[nH]c(=O)c1.C[C@H]1CCCC[C@@H]1Oc1cc(CCc2ccccc2)[nH]c(=O)c1. The fourth-order valence-electron chi connectivity index (χ4n) is 13.3. The van der Waals surface area contributed by atoms with Crippen molar-refractivity contribution < 1.29 is 18.9 Å². The third-order valence-corrected chi connectivity index (χ3v) is 18.9. The maximum Gasteiger partial charge on any atom is 0.251 e. The van der Waals surface area contributed by atoms with Crippen LogP contribution in [-0.2, 0) is 51.4 Å². The van der Waals surface area contributed by atoms with E-state index in [-0.39, 0.29) is 46.7 Å². The largest absolute Gasteiger partial charge is 0.490 e. The molecular weight excluding hydrogens is 1140 g/mol. The summed E-state index contributed by atoms with van der Waals surface area (Å²) in [6.45, 7) is 8.97. The number of hydrogen-bond donors (Lipinski definition) is 4.